The van der Waals surface area contributed by atoms with Gasteiger partial charge in [-0.1, -0.05) is 15.8 Å². The van der Waals surface area contributed by atoms with Gasteiger partial charge in [0.15, 0.2) is 5.13 Å². The van der Waals surface area contributed by atoms with Crippen molar-refractivity contribution in [3.63, 3.8) is 0 Å². The van der Waals surface area contributed by atoms with Gasteiger partial charge in [-0.3, -0.25) is 10.1 Å². The number of methoxy groups -OCH3 is 1. The third-order valence-corrected chi connectivity index (χ3v) is 4.00. The number of fused-ring (bicyclic) bond motifs is 1. The highest BCUT2D eigenvalue weighted by atomic mass is 32.1. The Morgan fingerprint density at radius 2 is 2.32 bits per heavy atom. The van der Waals surface area contributed by atoms with Gasteiger partial charge in [0.1, 0.15) is 10.6 Å². The second kappa shape index (κ2) is 4.90. The van der Waals surface area contributed by atoms with Crippen LogP contribution in [0.25, 0.3) is 10.2 Å². The molecule has 3 aromatic rings. The van der Waals surface area contributed by atoms with Gasteiger partial charge in [0, 0.05) is 0 Å². The van der Waals surface area contributed by atoms with Crippen molar-refractivity contribution >= 4 is 44.1 Å². The molecule has 1 amide bonds. The van der Waals surface area contributed by atoms with Crippen LogP contribution in [0, 0.1) is 0 Å². The molecule has 3 rings (SSSR count). The molecule has 8 heteroatoms. The summed E-state index contributed by atoms with van der Waals surface area (Å²) < 4.78 is 9.75. The molecular formula is C11H8N4O2S2. The maximum atomic E-state index is 11.8. The minimum atomic E-state index is -0.249. The number of aromatic nitrogens is 3. The lowest BCUT2D eigenvalue weighted by molar-refractivity contribution is 0.103. The summed E-state index contributed by atoms with van der Waals surface area (Å²) >= 11 is 2.44. The quantitative estimate of drug-likeness (QED) is 0.802. The summed E-state index contributed by atoms with van der Waals surface area (Å²) in [5, 5.41) is 6.90. The molecule has 0 atom stereocenters. The lowest BCUT2D eigenvalue weighted by atomic mass is 10.3. The first-order valence-electron chi connectivity index (χ1n) is 5.29. The maximum Gasteiger partial charge on any atom is 0.270 e. The Hall–Kier alpha value is -2.06. The van der Waals surface area contributed by atoms with Crippen LogP contribution in [0.2, 0.25) is 0 Å². The van der Waals surface area contributed by atoms with Gasteiger partial charge in [0.05, 0.1) is 23.5 Å². The summed E-state index contributed by atoms with van der Waals surface area (Å²) in [6.07, 6.45) is 1.43. The molecule has 2 aromatic heterocycles. The third-order valence-electron chi connectivity index (χ3n) is 2.40. The first-order valence-corrected chi connectivity index (χ1v) is 6.88. The van der Waals surface area contributed by atoms with Crippen molar-refractivity contribution in [3.8, 4) is 5.75 Å². The number of hydrogen-bond acceptors (Lipinski definition) is 7. The van der Waals surface area contributed by atoms with Gasteiger partial charge in [-0.15, -0.1) is 5.10 Å². The Balaban J connectivity index is 1.87. The van der Waals surface area contributed by atoms with E-state index in [1.807, 2.05) is 18.2 Å². The van der Waals surface area contributed by atoms with E-state index < -0.39 is 0 Å². The molecule has 0 spiro atoms. The topological polar surface area (TPSA) is 77.0 Å². The fourth-order valence-electron chi connectivity index (χ4n) is 1.51. The van der Waals surface area contributed by atoms with Crippen molar-refractivity contribution in [2.24, 2.45) is 0 Å². The minimum Gasteiger partial charge on any atom is -0.497 e. The van der Waals surface area contributed by atoms with Crippen molar-refractivity contribution in [2.45, 2.75) is 0 Å². The molecule has 0 fully saturated rings. The van der Waals surface area contributed by atoms with E-state index in [1.54, 1.807) is 7.11 Å². The molecule has 2 heterocycles. The van der Waals surface area contributed by atoms with Crippen LogP contribution in [0.15, 0.2) is 24.4 Å². The molecule has 0 aliphatic heterocycles. The van der Waals surface area contributed by atoms with Gasteiger partial charge >= 0.3 is 0 Å². The number of ether oxygens (including phenoxy) is 1. The Labute approximate surface area is 116 Å². The highest BCUT2D eigenvalue weighted by Gasteiger charge is 2.12. The van der Waals surface area contributed by atoms with Gasteiger partial charge in [0.2, 0.25) is 0 Å². The van der Waals surface area contributed by atoms with Crippen LogP contribution in [0.1, 0.15) is 9.67 Å². The van der Waals surface area contributed by atoms with Crippen LogP contribution in [0.5, 0.6) is 5.75 Å². The van der Waals surface area contributed by atoms with Crippen LogP contribution >= 0.6 is 22.9 Å². The minimum absolute atomic E-state index is 0.249. The molecule has 6 nitrogen and oxygen atoms in total. The van der Waals surface area contributed by atoms with Crippen molar-refractivity contribution in [1.29, 1.82) is 0 Å². The molecule has 0 aliphatic carbocycles. The van der Waals surface area contributed by atoms with E-state index in [9.17, 15) is 4.79 Å². The van der Waals surface area contributed by atoms with E-state index in [1.165, 1.54) is 17.5 Å². The molecule has 96 valence electrons. The average molecular weight is 292 g/mol. The standard InChI is InChI=1S/C11H8N4O2S2/c1-17-6-2-3-7-8(4-6)18-11(13-7)14-10(16)9-5-12-15-19-9/h2-5H,1H3,(H,13,14,16). The fraction of sp³-hybridized carbons (Fsp3) is 0.0909. The number of carbonyl (C=O) groups excluding carboxylic acids is 1. The Bertz CT molecular complexity index is 723. The van der Waals surface area contributed by atoms with Crippen LogP contribution < -0.4 is 10.1 Å². The van der Waals surface area contributed by atoms with Gasteiger partial charge < -0.3 is 4.74 Å². The third kappa shape index (κ3) is 2.40. The molecule has 1 aromatic carbocycles. The lowest BCUT2D eigenvalue weighted by Gasteiger charge is -1.96. The Kier molecular flexibility index (Phi) is 3.10. The van der Waals surface area contributed by atoms with E-state index in [2.05, 4.69) is 19.9 Å². The van der Waals surface area contributed by atoms with Gasteiger partial charge in [0.25, 0.3) is 5.91 Å². The summed E-state index contributed by atoms with van der Waals surface area (Å²) in [4.78, 5) is 16.6. The second-order valence-electron chi connectivity index (χ2n) is 3.59. The Morgan fingerprint density at radius 1 is 1.42 bits per heavy atom. The molecule has 0 saturated heterocycles. The molecule has 0 unspecified atom stereocenters. The van der Waals surface area contributed by atoms with Crippen molar-refractivity contribution in [3.05, 3.63) is 29.3 Å². The average Bonchev–Trinajstić information content (AvgIpc) is 3.06. The highest BCUT2D eigenvalue weighted by molar-refractivity contribution is 7.22. The molecule has 0 aliphatic rings. The largest absolute Gasteiger partial charge is 0.497 e. The van der Waals surface area contributed by atoms with E-state index >= 15 is 0 Å². The zero-order valence-electron chi connectivity index (χ0n) is 9.78. The van der Waals surface area contributed by atoms with Gasteiger partial charge in [-0.05, 0) is 29.7 Å². The predicted molar refractivity (Wildman–Crippen MR) is 74.0 cm³/mol. The first kappa shape index (κ1) is 12.0. The van der Waals surface area contributed by atoms with Crippen LogP contribution in [0.4, 0.5) is 5.13 Å². The molecule has 19 heavy (non-hydrogen) atoms. The summed E-state index contributed by atoms with van der Waals surface area (Å²) in [6, 6.07) is 5.58. The molecular weight excluding hydrogens is 284 g/mol. The summed E-state index contributed by atoms with van der Waals surface area (Å²) in [5.74, 6) is 0.515. The van der Waals surface area contributed by atoms with Gasteiger partial charge in [-0.2, -0.15) is 0 Å². The number of thiazole rings is 1. The molecule has 0 saturated carbocycles. The number of amides is 1. The summed E-state index contributed by atoms with van der Waals surface area (Å²) in [7, 11) is 1.61. The predicted octanol–water partition coefficient (Wildman–Crippen LogP) is 2.41. The second-order valence-corrected chi connectivity index (χ2v) is 5.40. The Morgan fingerprint density at radius 3 is 3.05 bits per heavy atom. The first-order chi connectivity index (χ1) is 9.26. The number of carbonyl (C=O) groups is 1. The van der Waals surface area contributed by atoms with Gasteiger partial charge in [-0.25, -0.2) is 4.98 Å². The van der Waals surface area contributed by atoms with E-state index in [-0.39, 0.29) is 5.91 Å². The van der Waals surface area contributed by atoms with Crippen LogP contribution in [0.3, 0.4) is 0 Å². The van der Waals surface area contributed by atoms with E-state index in [4.69, 9.17) is 4.74 Å². The van der Waals surface area contributed by atoms with Crippen molar-refractivity contribution < 1.29 is 9.53 Å². The number of nitrogens with zero attached hydrogens (tertiary/aromatic N) is 3. The zero-order chi connectivity index (χ0) is 13.2. The maximum absolute atomic E-state index is 11.8. The zero-order valence-corrected chi connectivity index (χ0v) is 11.4. The lowest BCUT2D eigenvalue weighted by Crippen LogP contribution is -2.09. The fourth-order valence-corrected chi connectivity index (χ4v) is 2.81. The number of rotatable bonds is 3. The normalized spacial score (nSPS) is 10.6. The number of benzene rings is 1. The summed E-state index contributed by atoms with van der Waals surface area (Å²) in [6.45, 7) is 0. The number of anilines is 1. The highest BCUT2D eigenvalue weighted by Crippen LogP contribution is 2.29. The number of nitrogens with one attached hydrogen (secondary N) is 1. The van der Waals surface area contributed by atoms with Crippen LogP contribution in [-0.4, -0.2) is 27.6 Å². The summed E-state index contributed by atoms with van der Waals surface area (Å²) in [5.41, 5.74) is 0.823. The van der Waals surface area contributed by atoms with Crippen molar-refractivity contribution in [1.82, 2.24) is 14.6 Å². The molecule has 1 N–H and O–H groups in total. The van der Waals surface area contributed by atoms with E-state index in [0.29, 0.717) is 10.0 Å². The van der Waals surface area contributed by atoms with Crippen molar-refractivity contribution in [2.75, 3.05) is 12.4 Å². The van der Waals surface area contributed by atoms with Crippen LogP contribution in [-0.2, 0) is 0 Å². The smallest absolute Gasteiger partial charge is 0.270 e. The molecule has 0 bridgehead atoms. The monoisotopic (exact) mass is 292 g/mol. The SMILES string of the molecule is COc1ccc2nc(NC(=O)c3cnns3)sc2c1. The van der Waals surface area contributed by atoms with E-state index in [0.717, 1.165) is 27.5 Å². The molecule has 0 radical (unpaired) electrons. The number of hydrogen-bond donors (Lipinski definition) is 1.